The van der Waals surface area contributed by atoms with Crippen LogP contribution >= 0.6 is 0 Å². The lowest BCUT2D eigenvalue weighted by Gasteiger charge is -2.30. The lowest BCUT2D eigenvalue weighted by Crippen LogP contribution is -2.33. The molecular formula is C9H16O3. The Hall–Kier alpha value is -0.410. The predicted octanol–water partition coefficient (Wildman–Crippen LogP) is 1.36. The van der Waals surface area contributed by atoms with Crippen LogP contribution in [-0.2, 0) is 14.3 Å². The van der Waals surface area contributed by atoms with Gasteiger partial charge in [0.05, 0.1) is 13.2 Å². The number of rotatable bonds is 4. The van der Waals surface area contributed by atoms with Gasteiger partial charge < -0.3 is 14.3 Å². The zero-order chi connectivity index (χ0) is 9.03. The first-order chi connectivity index (χ1) is 5.73. The van der Waals surface area contributed by atoms with Crippen LogP contribution in [0.1, 0.15) is 26.7 Å². The van der Waals surface area contributed by atoms with Gasteiger partial charge >= 0.3 is 0 Å². The van der Waals surface area contributed by atoms with Gasteiger partial charge in [-0.1, -0.05) is 13.8 Å². The molecule has 1 aliphatic heterocycles. The van der Waals surface area contributed by atoms with Crippen molar-refractivity contribution in [2.24, 2.45) is 5.41 Å². The van der Waals surface area contributed by atoms with Crippen molar-refractivity contribution in [3.8, 4) is 0 Å². The van der Waals surface area contributed by atoms with Gasteiger partial charge in [-0.3, -0.25) is 0 Å². The molecule has 1 saturated heterocycles. The summed E-state index contributed by atoms with van der Waals surface area (Å²) >= 11 is 0. The maximum absolute atomic E-state index is 10.4. The summed E-state index contributed by atoms with van der Waals surface area (Å²) in [5.41, 5.74) is -0.141. The number of aldehydes is 1. The molecule has 70 valence electrons. The first-order valence-corrected chi connectivity index (χ1v) is 4.40. The van der Waals surface area contributed by atoms with E-state index in [1.807, 2.05) is 6.92 Å². The van der Waals surface area contributed by atoms with Crippen molar-refractivity contribution in [1.29, 1.82) is 0 Å². The summed E-state index contributed by atoms with van der Waals surface area (Å²) in [6, 6.07) is 0. The molecule has 1 aliphatic rings. The lowest BCUT2D eigenvalue weighted by molar-refractivity contribution is -0.138. The first-order valence-electron chi connectivity index (χ1n) is 4.40. The maximum atomic E-state index is 10.4. The third-order valence-corrected chi connectivity index (χ3v) is 2.55. The number of ether oxygens (including phenoxy) is 2. The Bertz CT molecular complexity index is 152. The van der Waals surface area contributed by atoms with Crippen LogP contribution in [0, 0.1) is 5.41 Å². The Morgan fingerprint density at radius 2 is 2.08 bits per heavy atom. The van der Waals surface area contributed by atoms with E-state index < -0.39 is 0 Å². The molecule has 0 saturated carbocycles. The summed E-state index contributed by atoms with van der Waals surface area (Å²) in [6.45, 7) is 5.38. The fraction of sp³-hybridized carbons (Fsp3) is 0.889. The molecule has 1 heterocycles. The van der Waals surface area contributed by atoms with E-state index in [1.165, 1.54) is 0 Å². The highest BCUT2D eigenvalue weighted by Crippen LogP contribution is 2.33. The monoisotopic (exact) mass is 172 g/mol. The fourth-order valence-electron chi connectivity index (χ4n) is 1.36. The quantitative estimate of drug-likeness (QED) is 0.601. The molecule has 1 fully saturated rings. The minimum Gasteiger partial charge on any atom is -0.350 e. The summed E-state index contributed by atoms with van der Waals surface area (Å²) in [7, 11) is 0. The van der Waals surface area contributed by atoms with Crippen molar-refractivity contribution in [1.82, 2.24) is 0 Å². The highest BCUT2D eigenvalue weighted by Gasteiger charge is 2.36. The molecule has 0 radical (unpaired) electrons. The van der Waals surface area contributed by atoms with Crippen molar-refractivity contribution in [3.05, 3.63) is 0 Å². The SMILES string of the molecule is CCC(C)(CC=O)C1OCCO1. The zero-order valence-electron chi connectivity index (χ0n) is 7.71. The van der Waals surface area contributed by atoms with Crippen LogP contribution < -0.4 is 0 Å². The highest BCUT2D eigenvalue weighted by molar-refractivity contribution is 5.50. The molecule has 12 heavy (non-hydrogen) atoms. The number of hydrogen-bond acceptors (Lipinski definition) is 3. The van der Waals surface area contributed by atoms with Gasteiger partial charge in [0.2, 0.25) is 0 Å². The van der Waals surface area contributed by atoms with Crippen molar-refractivity contribution in [2.75, 3.05) is 13.2 Å². The molecule has 1 unspecified atom stereocenters. The van der Waals surface area contributed by atoms with Crippen molar-refractivity contribution < 1.29 is 14.3 Å². The molecular weight excluding hydrogens is 156 g/mol. The molecule has 0 aromatic heterocycles. The third-order valence-electron chi connectivity index (χ3n) is 2.55. The maximum Gasteiger partial charge on any atom is 0.163 e. The molecule has 1 rings (SSSR count). The van der Waals surface area contributed by atoms with Gasteiger partial charge in [0.25, 0.3) is 0 Å². The standard InChI is InChI=1S/C9H16O3/c1-3-9(2,4-5-10)8-11-6-7-12-8/h5,8H,3-4,6-7H2,1-2H3. The first kappa shape index (κ1) is 9.68. The molecule has 0 spiro atoms. The second kappa shape index (κ2) is 4.01. The van der Waals surface area contributed by atoms with Gasteiger partial charge in [0.15, 0.2) is 6.29 Å². The predicted molar refractivity (Wildman–Crippen MR) is 44.8 cm³/mol. The Balaban J connectivity index is 2.56. The second-order valence-corrected chi connectivity index (χ2v) is 3.45. The van der Waals surface area contributed by atoms with E-state index in [0.717, 1.165) is 12.7 Å². The second-order valence-electron chi connectivity index (χ2n) is 3.45. The van der Waals surface area contributed by atoms with Crippen LogP contribution in [0.2, 0.25) is 0 Å². The molecule has 0 bridgehead atoms. The summed E-state index contributed by atoms with van der Waals surface area (Å²) in [4.78, 5) is 10.4. The van der Waals surface area contributed by atoms with Crippen LogP contribution in [0.3, 0.4) is 0 Å². The lowest BCUT2D eigenvalue weighted by atomic mass is 9.84. The molecule has 1 atom stereocenters. The van der Waals surface area contributed by atoms with Crippen molar-refractivity contribution >= 4 is 6.29 Å². The molecule has 0 aromatic rings. The molecule has 0 amide bonds. The smallest absolute Gasteiger partial charge is 0.163 e. The summed E-state index contributed by atoms with van der Waals surface area (Å²) in [5.74, 6) is 0. The minimum atomic E-state index is -0.187. The minimum absolute atomic E-state index is 0.141. The average Bonchev–Trinajstić information content (AvgIpc) is 2.57. The van der Waals surface area contributed by atoms with Gasteiger partial charge in [0.1, 0.15) is 6.29 Å². The van der Waals surface area contributed by atoms with Gasteiger partial charge in [0, 0.05) is 11.8 Å². The van der Waals surface area contributed by atoms with E-state index in [2.05, 4.69) is 6.92 Å². The number of carbonyl (C=O) groups is 1. The van der Waals surface area contributed by atoms with Crippen molar-refractivity contribution in [3.63, 3.8) is 0 Å². The highest BCUT2D eigenvalue weighted by atomic mass is 16.7. The largest absolute Gasteiger partial charge is 0.350 e. The van der Waals surface area contributed by atoms with Crippen LogP contribution in [-0.4, -0.2) is 25.8 Å². The molecule has 3 heteroatoms. The summed E-state index contributed by atoms with van der Waals surface area (Å²) in [5, 5.41) is 0. The van der Waals surface area contributed by atoms with E-state index in [9.17, 15) is 4.79 Å². The summed E-state index contributed by atoms with van der Waals surface area (Å²) in [6.07, 6.45) is 2.16. The number of carbonyl (C=O) groups excluding carboxylic acids is 1. The topological polar surface area (TPSA) is 35.5 Å². The van der Waals surface area contributed by atoms with Gasteiger partial charge in [-0.2, -0.15) is 0 Å². The van der Waals surface area contributed by atoms with E-state index in [4.69, 9.17) is 9.47 Å². The zero-order valence-corrected chi connectivity index (χ0v) is 7.71. The van der Waals surface area contributed by atoms with Gasteiger partial charge in [-0.15, -0.1) is 0 Å². The van der Waals surface area contributed by atoms with Crippen LogP contribution in [0.25, 0.3) is 0 Å². The molecule has 3 nitrogen and oxygen atoms in total. The third kappa shape index (κ3) is 1.84. The van der Waals surface area contributed by atoms with Gasteiger partial charge in [-0.25, -0.2) is 0 Å². The van der Waals surface area contributed by atoms with Crippen molar-refractivity contribution in [2.45, 2.75) is 33.0 Å². The Morgan fingerprint density at radius 3 is 2.50 bits per heavy atom. The van der Waals surface area contributed by atoms with E-state index in [-0.39, 0.29) is 11.7 Å². The molecule has 0 aliphatic carbocycles. The number of hydrogen-bond donors (Lipinski definition) is 0. The van der Waals surface area contributed by atoms with E-state index in [1.54, 1.807) is 0 Å². The van der Waals surface area contributed by atoms with E-state index >= 15 is 0 Å². The summed E-state index contributed by atoms with van der Waals surface area (Å²) < 4.78 is 10.8. The van der Waals surface area contributed by atoms with E-state index in [0.29, 0.717) is 19.6 Å². The van der Waals surface area contributed by atoms with Crippen LogP contribution in [0.4, 0.5) is 0 Å². The van der Waals surface area contributed by atoms with Crippen LogP contribution in [0.5, 0.6) is 0 Å². The van der Waals surface area contributed by atoms with Gasteiger partial charge in [-0.05, 0) is 6.42 Å². The molecule has 0 N–H and O–H groups in total. The fourth-order valence-corrected chi connectivity index (χ4v) is 1.36. The normalized spacial score (nSPS) is 23.8. The Morgan fingerprint density at radius 1 is 1.50 bits per heavy atom. The average molecular weight is 172 g/mol. The Kier molecular flexibility index (Phi) is 3.23. The molecule has 0 aromatic carbocycles. The van der Waals surface area contributed by atoms with Crippen LogP contribution in [0.15, 0.2) is 0 Å². The Labute approximate surface area is 73.0 Å².